The number of para-hydroxylation sites is 1. The number of phenols is 2. The van der Waals surface area contributed by atoms with Crippen molar-refractivity contribution in [2.45, 2.75) is 25.7 Å². The van der Waals surface area contributed by atoms with E-state index in [9.17, 15) is 10.2 Å². The van der Waals surface area contributed by atoms with E-state index in [1.807, 2.05) is 66.7 Å². The molecule has 6 rings (SSSR count). The lowest BCUT2D eigenvalue weighted by Crippen LogP contribution is -1.98. The minimum absolute atomic E-state index is 0.104. The molecule has 6 bridgehead atoms. The van der Waals surface area contributed by atoms with Crippen LogP contribution in [0.3, 0.4) is 0 Å². The summed E-state index contributed by atoms with van der Waals surface area (Å²) >= 11 is 0. The molecular formula is C28H24O4. The number of phenolic OH excluding ortho intramolecular Hbond substituents is 2. The van der Waals surface area contributed by atoms with Gasteiger partial charge in [0.1, 0.15) is 11.5 Å². The molecule has 0 radical (unpaired) electrons. The Morgan fingerprint density at radius 1 is 0.531 bits per heavy atom. The third-order valence-electron chi connectivity index (χ3n) is 5.75. The average molecular weight is 424 g/mol. The van der Waals surface area contributed by atoms with E-state index >= 15 is 0 Å². The molecule has 0 atom stereocenters. The molecule has 0 saturated heterocycles. The molecule has 2 N–H and O–H groups in total. The SMILES string of the molecule is Oc1ccc2cc1Oc1ccc(cc1)CCc1cccc(c1)Oc1c(O)cccc1CC2. The van der Waals surface area contributed by atoms with Gasteiger partial charge in [0.25, 0.3) is 0 Å². The Morgan fingerprint density at radius 3 is 2.12 bits per heavy atom. The Balaban J connectivity index is 1.55. The summed E-state index contributed by atoms with van der Waals surface area (Å²) in [6.45, 7) is 0. The standard InChI is InChI=1S/C28H24O4/c29-25-16-12-21-9-13-22-4-2-6-26(30)28(22)32-24-5-1-3-20(17-24)8-7-19-10-14-23(15-11-19)31-27(25)18-21/h1-6,10-12,14-18,29-30H,7-9,13H2. The normalized spacial score (nSPS) is 13.2. The monoisotopic (exact) mass is 424 g/mol. The second-order valence-electron chi connectivity index (χ2n) is 8.06. The van der Waals surface area contributed by atoms with Gasteiger partial charge in [-0.05, 0) is 90.4 Å². The van der Waals surface area contributed by atoms with Gasteiger partial charge in [-0.3, -0.25) is 0 Å². The first-order valence-electron chi connectivity index (χ1n) is 10.8. The number of rotatable bonds is 0. The maximum Gasteiger partial charge on any atom is 0.172 e. The topological polar surface area (TPSA) is 58.9 Å². The van der Waals surface area contributed by atoms with Gasteiger partial charge in [0, 0.05) is 0 Å². The Labute approximate surface area is 187 Å². The Hall–Kier alpha value is -3.92. The lowest BCUT2D eigenvalue weighted by molar-refractivity contribution is 0.406. The minimum atomic E-state index is 0.104. The van der Waals surface area contributed by atoms with Crippen molar-refractivity contribution in [2.75, 3.05) is 0 Å². The van der Waals surface area contributed by atoms with Crippen molar-refractivity contribution in [3.63, 3.8) is 0 Å². The molecule has 0 spiro atoms. The van der Waals surface area contributed by atoms with E-state index in [0.717, 1.165) is 24.0 Å². The van der Waals surface area contributed by atoms with Gasteiger partial charge < -0.3 is 19.7 Å². The fourth-order valence-electron chi connectivity index (χ4n) is 3.98. The zero-order valence-electron chi connectivity index (χ0n) is 17.6. The van der Waals surface area contributed by atoms with Crippen molar-refractivity contribution >= 4 is 0 Å². The van der Waals surface area contributed by atoms with E-state index in [0.29, 0.717) is 35.8 Å². The van der Waals surface area contributed by atoms with Gasteiger partial charge in [0.2, 0.25) is 0 Å². The number of benzene rings is 4. The molecule has 0 fully saturated rings. The number of ether oxygens (including phenoxy) is 2. The van der Waals surface area contributed by atoms with Gasteiger partial charge in [-0.15, -0.1) is 0 Å². The first kappa shape index (κ1) is 20.0. The van der Waals surface area contributed by atoms with E-state index in [4.69, 9.17) is 9.47 Å². The fraction of sp³-hybridized carbons (Fsp3) is 0.143. The van der Waals surface area contributed by atoms with Crippen LogP contribution in [-0.2, 0) is 25.7 Å². The van der Waals surface area contributed by atoms with Crippen molar-refractivity contribution in [3.05, 3.63) is 107 Å². The molecule has 160 valence electrons. The highest BCUT2D eigenvalue weighted by molar-refractivity contribution is 5.50. The smallest absolute Gasteiger partial charge is 0.172 e. The first-order valence-corrected chi connectivity index (χ1v) is 10.8. The quantitative estimate of drug-likeness (QED) is 0.335. The largest absolute Gasteiger partial charge is 0.504 e. The Kier molecular flexibility index (Phi) is 5.42. The highest BCUT2D eigenvalue weighted by atomic mass is 16.5. The molecule has 4 aromatic rings. The summed E-state index contributed by atoms with van der Waals surface area (Å²) < 4.78 is 12.1. The van der Waals surface area contributed by atoms with E-state index in [-0.39, 0.29) is 11.5 Å². The summed E-state index contributed by atoms with van der Waals surface area (Å²) in [6, 6.07) is 26.8. The molecule has 4 nitrogen and oxygen atoms in total. The van der Waals surface area contributed by atoms with Gasteiger partial charge in [0.15, 0.2) is 23.0 Å². The van der Waals surface area contributed by atoms with Crippen LogP contribution in [0.1, 0.15) is 22.3 Å². The highest BCUT2D eigenvalue weighted by Crippen LogP contribution is 2.36. The number of hydrogen-bond acceptors (Lipinski definition) is 4. The molecule has 0 aromatic heterocycles. The Bertz CT molecular complexity index is 1240. The second kappa shape index (κ2) is 8.67. The first-order chi connectivity index (χ1) is 15.6. The maximum atomic E-state index is 10.5. The Morgan fingerprint density at radius 2 is 1.25 bits per heavy atom. The lowest BCUT2D eigenvalue weighted by Gasteiger charge is -2.15. The fourth-order valence-corrected chi connectivity index (χ4v) is 3.98. The van der Waals surface area contributed by atoms with Crippen LogP contribution in [0.2, 0.25) is 0 Å². The predicted octanol–water partition coefficient (Wildman–Crippen LogP) is 6.57. The third-order valence-corrected chi connectivity index (χ3v) is 5.75. The van der Waals surface area contributed by atoms with Crippen LogP contribution < -0.4 is 9.47 Å². The molecule has 4 aromatic carbocycles. The molecule has 0 aliphatic carbocycles. The van der Waals surface area contributed by atoms with E-state index in [2.05, 4.69) is 6.07 Å². The number of aromatic hydroxyl groups is 2. The third kappa shape index (κ3) is 4.40. The maximum absolute atomic E-state index is 10.5. The van der Waals surface area contributed by atoms with E-state index in [1.165, 1.54) is 11.1 Å². The summed E-state index contributed by atoms with van der Waals surface area (Å²) in [5, 5.41) is 20.8. The zero-order valence-corrected chi connectivity index (χ0v) is 17.6. The van der Waals surface area contributed by atoms with Gasteiger partial charge in [-0.25, -0.2) is 0 Å². The molecule has 0 saturated carbocycles. The lowest BCUT2D eigenvalue weighted by atomic mass is 10.0. The van der Waals surface area contributed by atoms with Crippen LogP contribution in [0, 0.1) is 0 Å². The molecule has 32 heavy (non-hydrogen) atoms. The predicted molar refractivity (Wildman–Crippen MR) is 124 cm³/mol. The zero-order chi connectivity index (χ0) is 21.9. The van der Waals surface area contributed by atoms with Crippen LogP contribution >= 0.6 is 0 Å². The van der Waals surface area contributed by atoms with Crippen LogP contribution in [0.4, 0.5) is 0 Å². The van der Waals surface area contributed by atoms with Gasteiger partial charge in [0.05, 0.1) is 0 Å². The van der Waals surface area contributed by atoms with E-state index < -0.39 is 0 Å². The average Bonchev–Trinajstić information content (AvgIpc) is 2.81. The molecule has 0 unspecified atom stereocenters. The number of aryl methyl sites for hydroxylation is 4. The molecule has 2 heterocycles. The van der Waals surface area contributed by atoms with Crippen molar-refractivity contribution in [1.82, 2.24) is 0 Å². The van der Waals surface area contributed by atoms with Crippen molar-refractivity contribution in [2.24, 2.45) is 0 Å². The summed E-state index contributed by atoms with van der Waals surface area (Å²) in [5.41, 5.74) is 4.31. The summed E-state index contributed by atoms with van der Waals surface area (Å²) in [4.78, 5) is 0. The van der Waals surface area contributed by atoms with Crippen molar-refractivity contribution < 1.29 is 19.7 Å². The second-order valence-corrected chi connectivity index (χ2v) is 8.06. The van der Waals surface area contributed by atoms with Crippen molar-refractivity contribution in [3.8, 4) is 34.5 Å². The highest BCUT2D eigenvalue weighted by Gasteiger charge is 2.13. The molecule has 2 aliphatic rings. The molecular weight excluding hydrogens is 400 g/mol. The summed E-state index contributed by atoms with van der Waals surface area (Å²) in [6.07, 6.45) is 3.12. The van der Waals surface area contributed by atoms with Crippen LogP contribution in [0.5, 0.6) is 34.5 Å². The molecule has 0 amide bonds. The number of hydrogen-bond donors (Lipinski definition) is 2. The van der Waals surface area contributed by atoms with E-state index in [1.54, 1.807) is 12.1 Å². The van der Waals surface area contributed by atoms with Crippen molar-refractivity contribution in [1.29, 1.82) is 0 Å². The molecule has 2 aliphatic heterocycles. The van der Waals surface area contributed by atoms with Gasteiger partial charge in [-0.1, -0.05) is 42.5 Å². The summed E-state index contributed by atoms with van der Waals surface area (Å²) in [7, 11) is 0. The van der Waals surface area contributed by atoms with Gasteiger partial charge >= 0.3 is 0 Å². The minimum Gasteiger partial charge on any atom is -0.504 e. The summed E-state index contributed by atoms with van der Waals surface area (Å²) in [5.74, 6) is 2.54. The number of fused-ring (bicyclic) bond motifs is 4. The van der Waals surface area contributed by atoms with Crippen LogP contribution in [-0.4, -0.2) is 10.2 Å². The van der Waals surface area contributed by atoms with Gasteiger partial charge in [-0.2, -0.15) is 0 Å². The van der Waals surface area contributed by atoms with Crippen LogP contribution in [0.15, 0.2) is 84.9 Å². The van der Waals surface area contributed by atoms with Crippen LogP contribution in [0.25, 0.3) is 0 Å². The molecule has 4 heteroatoms.